The van der Waals surface area contributed by atoms with Gasteiger partial charge in [-0.1, -0.05) is 6.07 Å². The second kappa shape index (κ2) is 6.67. The van der Waals surface area contributed by atoms with Crippen molar-refractivity contribution in [3.05, 3.63) is 58.8 Å². The molecule has 2 amide bonds. The van der Waals surface area contributed by atoms with Crippen molar-refractivity contribution in [1.29, 1.82) is 0 Å². The minimum Gasteiger partial charge on any atom is -0.408 e. The summed E-state index contributed by atoms with van der Waals surface area (Å²) in [4.78, 5) is 30.5. The predicted molar refractivity (Wildman–Crippen MR) is 98.0 cm³/mol. The first kappa shape index (κ1) is 16.4. The third-order valence-corrected chi connectivity index (χ3v) is 4.88. The molecule has 1 aromatic carbocycles. The van der Waals surface area contributed by atoms with Crippen molar-refractivity contribution in [2.75, 3.05) is 11.9 Å². The molecule has 7 nitrogen and oxygen atoms in total. The Morgan fingerprint density at radius 2 is 2.19 bits per heavy atom. The van der Waals surface area contributed by atoms with Crippen molar-refractivity contribution in [2.45, 2.75) is 25.3 Å². The number of piperidine rings is 1. The van der Waals surface area contributed by atoms with Crippen molar-refractivity contribution >= 4 is 22.8 Å². The molecule has 1 atom stereocenters. The highest BCUT2D eigenvalue weighted by Crippen LogP contribution is 2.31. The molecule has 134 valence electrons. The van der Waals surface area contributed by atoms with Gasteiger partial charge in [0, 0.05) is 31.7 Å². The van der Waals surface area contributed by atoms with E-state index >= 15 is 0 Å². The van der Waals surface area contributed by atoms with Gasteiger partial charge in [0.2, 0.25) is 0 Å². The van der Waals surface area contributed by atoms with Crippen molar-refractivity contribution in [3.8, 4) is 0 Å². The average Bonchev–Trinajstić information content (AvgIpc) is 2.96. The van der Waals surface area contributed by atoms with Gasteiger partial charge < -0.3 is 14.6 Å². The van der Waals surface area contributed by atoms with Crippen LogP contribution >= 0.6 is 0 Å². The third-order valence-electron chi connectivity index (χ3n) is 4.88. The zero-order chi connectivity index (χ0) is 18.1. The fraction of sp³-hybridized carbons (Fsp3) is 0.316. The van der Waals surface area contributed by atoms with E-state index in [1.165, 1.54) is 4.57 Å². The van der Waals surface area contributed by atoms with Gasteiger partial charge in [0.25, 0.3) is 0 Å². The number of rotatable bonds is 2. The molecule has 26 heavy (non-hydrogen) atoms. The Hall–Kier alpha value is -3.09. The molecule has 1 N–H and O–H groups in total. The number of nitrogens with zero attached hydrogens (tertiary/aromatic N) is 3. The molecular formula is C19H20N4O3. The topological polar surface area (TPSA) is 80.4 Å². The summed E-state index contributed by atoms with van der Waals surface area (Å²) in [5, 5.41) is 2.95. The van der Waals surface area contributed by atoms with E-state index < -0.39 is 5.76 Å². The van der Waals surface area contributed by atoms with Crippen LogP contribution in [0.4, 0.5) is 10.5 Å². The van der Waals surface area contributed by atoms with Crippen LogP contribution in [0, 0.1) is 0 Å². The first-order valence-electron chi connectivity index (χ1n) is 8.70. The molecule has 0 radical (unpaired) electrons. The number of aryl methyl sites for hydroxylation is 1. The molecular weight excluding hydrogens is 332 g/mol. The summed E-state index contributed by atoms with van der Waals surface area (Å²) in [5.74, 6) is -0.420. The number of anilines is 1. The quantitative estimate of drug-likeness (QED) is 0.767. The van der Waals surface area contributed by atoms with E-state index in [-0.39, 0.29) is 12.1 Å². The fourth-order valence-electron chi connectivity index (χ4n) is 3.49. The highest BCUT2D eigenvalue weighted by Gasteiger charge is 2.28. The Kier molecular flexibility index (Phi) is 4.20. The molecule has 4 rings (SSSR count). The van der Waals surface area contributed by atoms with Crippen LogP contribution in [-0.2, 0) is 7.05 Å². The van der Waals surface area contributed by atoms with E-state index in [4.69, 9.17) is 4.42 Å². The predicted octanol–water partition coefficient (Wildman–Crippen LogP) is 3.29. The number of hydrogen-bond acceptors (Lipinski definition) is 4. The van der Waals surface area contributed by atoms with Gasteiger partial charge in [-0.15, -0.1) is 0 Å². The molecule has 1 aliphatic heterocycles. The van der Waals surface area contributed by atoms with E-state index in [0.29, 0.717) is 23.3 Å². The van der Waals surface area contributed by atoms with Crippen LogP contribution in [0.5, 0.6) is 0 Å². The van der Waals surface area contributed by atoms with Crippen LogP contribution < -0.4 is 11.1 Å². The molecule has 3 aromatic rings. The number of nitrogens with one attached hydrogen (secondary N) is 1. The maximum absolute atomic E-state index is 12.9. The number of benzene rings is 1. The summed E-state index contributed by atoms with van der Waals surface area (Å²) in [5.41, 5.74) is 2.83. The number of amides is 2. The smallest absolute Gasteiger partial charge is 0.408 e. The second-order valence-corrected chi connectivity index (χ2v) is 6.53. The number of carbonyl (C=O) groups excluding carboxylic acids is 1. The molecule has 3 heterocycles. The van der Waals surface area contributed by atoms with E-state index in [1.807, 2.05) is 23.2 Å². The largest absolute Gasteiger partial charge is 0.419 e. The molecule has 1 unspecified atom stereocenters. The molecule has 1 fully saturated rings. The molecule has 0 spiro atoms. The Morgan fingerprint density at radius 3 is 3.00 bits per heavy atom. The van der Waals surface area contributed by atoms with Crippen molar-refractivity contribution in [2.24, 2.45) is 7.05 Å². The lowest BCUT2D eigenvalue weighted by Crippen LogP contribution is -2.41. The van der Waals surface area contributed by atoms with Crippen LogP contribution in [0.25, 0.3) is 11.1 Å². The van der Waals surface area contributed by atoms with Gasteiger partial charge in [0.1, 0.15) is 0 Å². The summed E-state index contributed by atoms with van der Waals surface area (Å²) in [6.45, 7) is 0.706. The van der Waals surface area contributed by atoms with Crippen LogP contribution in [0.3, 0.4) is 0 Å². The number of carbonyl (C=O) groups is 1. The fourth-order valence-corrected chi connectivity index (χ4v) is 3.49. The zero-order valence-corrected chi connectivity index (χ0v) is 14.5. The van der Waals surface area contributed by atoms with Crippen LogP contribution in [0.15, 0.2) is 51.9 Å². The Balaban J connectivity index is 1.58. The summed E-state index contributed by atoms with van der Waals surface area (Å²) in [6.07, 6.45) is 6.56. The van der Waals surface area contributed by atoms with Gasteiger partial charge in [-0.3, -0.25) is 9.55 Å². The molecule has 0 saturated carbocycles. The molecule has 0 bridgehead atoms. The van der Waals surface area contributed by atoms with Crippen LogP contribution in [0.1, 0.15) is 30.9 Å². The summed E-state index contributed by atoms with van der Waals surface area (Å²) in [6, 6.07) is 8.98. The van der Waals surface area contributed by atoms with Crippen molar-refractivity contribution < 1.29 is 9.21 Å². The number of aromatic nitrogens is 2. The zero-order valence-electron chi connectivity index (χ0n) is 14.5. The number of likely N-dealkylation sites (tertiary alicyclic amines) is 1. The maximum atomic E-state index is 12.9. The van der Waals surface area contributed by atoms with E-state index in [1.54, 1.807) is 31.4 Å². The highest BCUT2D eigenvalue weighted by atomic mass is 16.4. The number of fused-ring (bicyclic) bond motifs is 1. The summed E-state index contributed by atoms with van der Waals surface area (Å²) < 4.78 is 6.55. The van der Waals surface area contributed by atoms with Gasteiger partial charge in [-0.05, 0) is 49.1 Å². The van der Waals surface area contributed by atoms with Crippen LogP contribution in [-0.4, -0.2) is 27.0 Å². The Labute approximate surface area is 150 Å². The molecule has 7 heteroatoms. The number of oxazole rings is 1. The first-order valence-corrected chi connectivity index (χ1v) is 8.70. The number of hydrogen-bond donors (Lipinski definition) is 1. The summed E-state index contributed by atoms with van der Waals surface area (Å²) >= 11 is 0. The van der Waals surface area contributed by atoms with Crippen LogP contribution in [0.2, 0.25) is 0 Å². The monoisotopic (exact) mass is 352 g/mol. The number of urea groups is 1. The van der Waals surface area contributed by atoms with Gasteiger partial charge >= 0.3 is 11.8 Å². The van der Waals surface area contributed by atoms with Crippen molar-refractivity contribution in [1.82, 2.24) is 14.5 Å². The molecule has 1 aliphatic rings. The van der Waals surface area contributed by atoms with E-state index in [0.717, 1.165) is 24.8 Å². The number of pyridine rings is 1. The van der Waals surface area contributed by atoms with Crippen molar-refractivity contribution in [3.63, 3.8) is 0 Å². The lowest BCUT2D eigenvalue weighted by Gasteiger charge is -2.35. The minimum absolute atomic E-state index is 0.0273. The second-order valence-electron chi connectivity index (χ2n) is 6.53. The summed E-state index contributed by atoms with van der Waals surface area (Å²) in [7, 11) is 1.64. The SMILES string of the molecule is Cn1c(=O)oc2ccc(NC(=O)N3CCCCC3c3cccnc3)cc21. The van der Waals surface area contributed by atoms with E-state index in [2.05, 4.69) is 10.3 Å². The first-order chi connectivity index (χ1) is 12.6. The average molecular weight is 352 g/mol. The highest BCUT2D eigenvalue weighted by molar-refractivity contribution is 5.92. The van der Waals surface area contributed by atoms with Gasteiger partial charge in [-0.25, -0.2) is 9.59 Å². The van der Waals surface area contributed by atoms with Gasteiger partial charge in [0.15, 0.2) is 5.58 Å². The molecule has 1 saturated heterocycles. The minimum atomic E-state index is -0.420. The normalized spacial score (nSPS) is 17.4. The Bertz CT molecular complexity index is 993. The lowest BCUT2D eigenvalue weighted by atomic mass is 9.97. The standard InChI is InChI=1S/C19H20N4O3/c1-22-16-11-14(7-8-17(16)26-19(22)25)21-18(24)23-10-3-2-6-15(23)13-5-4-9-20-12-13/h4-5,7-9,11-12,15H,2-3,6,10H2,1H3,(H,21,24). The van der Waals surface area contributed by atoms with Gasteiger partial charge in [0.05, 0.1) is 11.6 Å². The Morgan fingerprint density at radius 1 is 1.31 bits per heavy atom. The molecule has 2 aromatic heterocycles. The maximum Gasteiger partial charge on any atom is 0.419 e. The van der Waals surface area contributed by atoms with Gasteiger partial charge in [-0.2, -0.15) is 0 Å². The third kappa shape index (κ3) is 2.96. The molecule has 0 aliphatic carbocycles. The lowest BCUT2D eigenvalue weighted by molar-refractivity contribution is 0.163. The van der Waals surface area contributed by atoms with E-state index in [9.17, 15) is 9.59 Å².